The number of methoxy groups -OCH3 is 1. The molecule has 0 aliphatic carbocycles. The number of hydrogen-bond donors (Lipinski definition) is 1. The highest BCUT2D eigenvalue weighted by Gasteiger charge is 2.10. The summed E-state index contributed by atoms with van der Waals surface area (Å²) in [6.45, 7) is 1.59. The molecule has 2 heterocycles. The Morgan fingerprint density at radius 1 is 1.07 bits per heavy atom. The van der Waals surface area contributed by atoms with Crippen molar-refractivity contribution >= 4 is 11.1 Å². The van der Waals surface area contributed by atoms with Crippen LogP contribution >= 0.6 is 0 Å². The van der Waals surface area contributed by atoms with E-state index in [4.69, 9.17) is 9.15 Å². The number of hydrogen-bond acceptors (Lipinski definition) is 6. The van der Waals surface area contributed by atoms with Crippen molar-refractivity contribution in [1.29, 1.82) is 0 Å². The Kier molecular flexibility index (Phi) is 5.50. The molecule has 1 N–H and O–H groups in total. The van der Waals surface area contributed by atoms with Gasteiger partial charge in [0.25, 0.3) is 5.56 Å². The average Bonchev–Trinajstić information content (AvgIpc) is 3.10. The van der Waals surface area contributed by atoms with Gasteiger partial charge in [-0.2, -0.15) is 0 Å². The van der Waals surface area contributed by atoms with Gasteiger partial charge in [-0.15, -0.1) is 0 Å². The van der Waals surface area contributed by atoms with Gasteiger partial charge in [-0.05, 0) is 30.8 Å². The number of benzene rings is 2. The Morgan fingerprint density at radius 3 is 2.76 bits per heavy atom. The molecular weight excluding hydrogens is 368 g/mol. The molecule has 0 unspecified atom stereocenters. The van der Waals surface area contributed by atoms with Crippen molar-refractivity contribution in [3.8, 4) is 11.4 Å². The molecule has 0 amide bonds. The second-order valence-corrected chi connectivity index (χ2v) is 6.97. The molecular formula is C22H22N4O3. The van der Waals surface area contributed by atoms with E-state index in [1.807, 2.05) is 55.6 Å². The number of rotatable bonds is 7. The van der Waals surface area contributed by atoms with Crippen molar-refractivity contribution in [1.82, 2.24) is 19.9 Å². The van der Waals surface area contributed by atoms with E-state index in [0.717, 1.165) is 22.2 Å². The summed E-state index contributed by atoms with van der Waals surface area (Å²) in [6.07, 6.45) is 0. The minimum atomic E-state index is -0.194. The van der Waals surface area contributed by atoms with E-state index in [-0.39, 0.29) is 5.56 Å². The quantitative estimate of drug-likeness (QED) is 0.521. The first kappa shape index (κ1) is 19.0. The molecule has 4 rings (SSSR count). The lowest BCUT2D eigenvalue weighted by molar-refractivity contribution is 0.181. The minimum Gasteiger partial charge on any atom is -0.439 e. The van der Waals surface area contributed by atoms with Crippen molar-refractivity contribution in [3.63, 3.8) is 0 Å². The van der Waals surface area contributed by atoms with E-state index in [0.29, 0.717) is 37.1 Å². The Bertz CT molecular complexity index is 1150. The first-order chi connectivity index (χ1) is 14.1. The SMILES string of the molecule is COCc1cc(=O)[nH]c(-c2cccc(CN(C)Cc3nc4ccccc4o3)c2)n1. The Morgan fingerprint density at radius 2 is 1.93 bits per heavy atom. The van der Waals surface area contributed by atoms with Crippen LogP contribution in [0.2, 0.25) is 0 Å². The van der Waals surface area contributed by atoms with Crippen molar-refractivity contribution in [2.75, 3.05) is 14.2 Å². The van der Waals surface area contributed by atoms with Crippen LogP contribution in [0.15, 0.2) is 63.8 Å². The molecule has 0 saturated heterocycles. The normalized spacial score (nSPS) is 11.4. The zero-order valence-electron chi connectivity index (χ0n) is 16.4. The van der Waals surface area contributed by atoms with Crippen LogP contribution in [0.25, 0.3) is 22.5 Å². The summed E-state index contributed by atoms with van der Waals surface area (Å²) in [5, 5.41) is 0. The number of oxazole rings is 1. The highest BCUT2D eigenvalue weighted by Crippen LogP contribution is 2.19. The summed E-state index contributed by atoms with van der Waals surface area (Å²) in [5.74, 6) is 1.22. The summed E-state index contributed by atoms with van der Waals surface area (Å²) in [5.41, 5.74) is 4.02. The number of nitrogens with one attached hydrogen (secondary N) is 1. The lowest BCUT2D eigenvalue weighted by Crippen LogP contribution is -2.17. The third-order valence-corrected chi connectivity index (χ3v) is 4.48. The van der Waals surface area contributed by atoms with Gasteiger partial charge in [0.15, 0.2) is 5.58 Å². The zero-order chi connectivity index (χ0) is 20.2. The van der Waals surface area contributed by atoms with Crippen LogP contribution in [-0.4, -0.2) is 34.0 Å². The van der Waals surface area contributed by atoms with Crippen LogP contribution in [0.1, 0.15) is 17.1 Å². The molecule has 29 heavy (non-hydrogen) atoms. The number of nitrogens with zero attached hydrogens (tertiary/aromatic N) is 3. The lowest BCUT2D eigenvalue weighted by Gasteiger charge is -2.15. The second kappa shape index (κ2) is 8.38. The molecule has 2 aromatic carbocycles. The maximum atomic E-state index is 11.9. The molecule has 148 valence electrons. The molecule has 0 saturated carbocycles. The fourth-order valence-electron chi connectivity index (χ4n) is 3.27. The summed E-state index contributed by atoms with van der Waals surface area (Å²) < 4.78 is 10.9. The molecule has 0 aliphatic heterocycles. The molecule has 0 fully saturated rings. The number of ether oxygens (including phenoxy) is 1. The molecule has 4 aromatic rings. The fourth-order valence-corrected chi connectivity index (χ4v) is 3.27. The topological polar surface area (TPSA) is 84.3 Å². The second-order valence-electron chi connectivity index (χ2n) is 6.97. The number of para-hydroxylation sites is 2. The third kappa shape index (κ3) is 4.59. The van der Waals surface area contributed by atoms with Gasteiger partial charge in [0.1, 0.15) is 11.3 Å². The zero-order valence-corrected chi connectivity index (χ0v) is 16.4. The van der Waals surface area contributed by atoms with Crippen LogP contribution in [0.3, 0.4) is 0 Å². The van der Waals surface area contributed by atoms with Crippen LogP contribution < -0.4 is 5.56 Å². The van der Waals surface area contributed by atoms with Gasteiger partial charge in [0, 0.05) is 25.3 Å². The minimum absolute atomic E-state index is 0.194. The van der Waals surface area contributed by atoms with Gasteiger partial charge in [-0.3, -0.25) is 9.69 Å². The van der Waals surface area contributed by atoms with Crippen LogP contribution in [0, 0.1) is 0 Å². The van der Waals surface area contributed by atoms with E-state index in [9.17, 15) is 4.79 Å². The molecule has 0 spiro atoms. The standard InChI is InChI=1S/C22H22N4O3/c1-26(13-21-24-18-8-3-4-9-19(18)29-21)12-15-6-5-7-16(10-15)22-23-17(14-28-2)11-20(27)25-22/h3-11H,12-14H2,1-2H3,(H,23,25,27). The maximum Gasteiger partial charge on any atom is 0.251 e. The van der Waals surface area contributed by atoms with Crippen molar-refractivity contribution in [2.24, 2.45) is 0 Å². The predicted octanol–water partition coefficient (Wildman–Crippen LogP) is 3.36. The number of fused-ring (bicyclic) bond motifs is 1. The molecule has 2 aromatic heterocycles. The van der Waals surface area contributed by atoms with E-state index in [2.05, 4.69) is 19.9 Å². The predicted molar refractivity (Wildman–Crippen MR) is 110 cm³/mol. The first-order valence-electron chi connectivity index (χ1n) is 9.32. The molecule has 7 nitrogen and oxygen atoms in total. The Labute approximate surface area is 168 Å². The van der Waals surface area contributed by atoms with Gasteiger partial charge >= 0.3 is 0 Å². The average molecular weight is 390 g/mol. The van der Waals surface area contributed by atoms with E-state index >= 15 is 0 Å². The largest absolute Gasteiger partial charge is 0.439 e. The summed E-state index contributed by atoms with van der Waals surface area (Å²) in [4.78, 5) is 25.9. The van der Waals surface area contributed by atoms with Crippen molar-refractivity contribution in [3.05, 3.63) is 82.1 Å². The Balaban J connectivity index is 1.50. The molecule has 7 heteroatoms. The van der Waals surface area contributed by atoms with Gasteiger partial charge in [0.05, 0.1) is 18.8 Å². The van der Waals surface area contributed by atoms with Crippen LogP contribution in [-0.2, 0) is 24.4 Å². The molecule has 0 bridgehead atoms. The maximum absolute atomic E-state index is 11.9. The Hall–Kier alpha value is -3.29. The first-order valence-corrected chi connectivity index (χ1v) is 9.32. The molecule has 0 aliphatic rings. The highest BCUT2D eigenvalue weighted by atomic mass is 16.5. The van der Waals surface area contributed by atoms with Gasteiger partial charge < -0.3 is 14.1 Å². The van der Waals surface area contributed by atoms with E-state index in [1.54, 1.807) is 7.11 Å². The van der Waals surface area contributed by atoms with Crippen molar-refractivity contribution < 1.29 is 9.15 Å². The van der Waals surface area contributed by atoms with Gasteiger partial charge in [-0.1, -0.05) is 30.3 Å². The van der Waals surface area contributed by atoms with E-state index < -0.39 is 0 Å². The third-order valence-electron chi connectivity index (χ3n) is 4.48. The smallest absolute Gasteiger partial charge is 0.251 e. The van der Waals surface area contributed by atoms with Crippen LogP contribution in [0.5, 0.6) is 0 Å². The molecule has 0 radical (unpaired) electrons. The van der Waals surface area contributed by atoms with Gasteiger partial charge in [-0.25, -0.2) is 9.97 Å². The highest BCUT2D eigenvalue weighted by molar-refractivity contribution is 5.72. The van der Waals surface area contributed by atoms with Gasteiger partial charge in [0.2, 0.25) is 5.89 Å². The summed E-state index contributed by atoms with van der Waals surface area (Å²) in [6, 6.07) is 17.2. The fraction of sp³-hybridized carbons (Fsp3) is 0.227. The molecule has 0 atom stereocenters. The van der Waals surface area contributed by atoms with Crippen LogP contribution in [0.4, 0.5) is 0 Å². The number of H-pyrrole nitrogens is 1. The monoisotopic (exact) mass is 390 g/mol. The lowest BCUT2D eigenvalue weighted by atomic mass is 10.1. The number of aromatic nitrogens is 3. The number of aromatic amines is 1. The van der Waals surface area contributed by atoms with E-state index in [1.165, 1.54) is 6.07 Å². The van der Waals surface area contributed by atoms with Crippen molar-refractivity contribution in [2.45, 2.75) is 19.7 Å². The summed E-state index contributed by atoms with van der Waals surface area (Å²) >= 11 is 0. The summed E-state index contributed by atoms with van der Waals surface area (Å²) in [7, 11) is 3.59.